The van der Waals surface area contributed by atoms with Crippen molar-refractivity contribution in [2.45, 2.75) is 26.2 Å². The molecule has 18 heavy (non-hydrogen) atoms. The van der Waals surface area contributed by atoms with Gasteiger partial charge in [-0.2, -0.15) is 5.10 Å². The first kappa shape index (κ1) is 11.3. The molecule has 0 spiro atoms. The largest absolute Gasteiger partial charge is 0.494 e. The third-order valence-corrected chi connectivity index (χ3v) is 3.24. The van der Waals surface area contributed by atoms with Gasteiger partial charge in [-0.3, -0.25) is 4.79 Å². The number of benzene rings is 1. The summed E-state index contributed by atoms with van der Waals surface area (Å²) in [4.78, 5) is 11.9. The molecule has 4 heteroatoms. The topological polar surface area (TPSA) is 41.9 Å². The summed E-state index contributed by atoms with van der Waals surface area (Å²) in [6.45, 7) is 2.59. The van der Waals surface area contributed by atoms with Crippen LogP contribution >= 0.6 is 0 Å². The van der Waals surface area contributed by atoms with Gasteiger partial charge in [0.1, 0.15) is 5.75 Å². The van der Waals surface area contributed by atoms with Gasteiger partial charge in [0.25, 0.3) is 5.91 Å². The number of ether oxygens (including phenoxy) is 1. The lowest BCUT2D eigenvalue weighted by Gasteiger charge is -2.12. The summed E-state index contributed by atoms with van der Waals surface area (Å²) in [6.07, 6.45) is 2.85. The first-order valence-corrected chi connectivity index (χ1v) is 6.41. The highest BCUT2D eigenvalue weighted by Gasteiger charge is 2.35. The molecule has 0 atom stereocenters. The van der Waals surface area contributed by atoms with E-state index in [4.69, 9.17) is 4.74 Å². The van der Waals surface area contributed by atoms with E-state index in [0.717, 1.165) is 17.1 Å². The lowest BCUT2D eigenvalue weighted by molar-refractivity contribution is -0.116. The van der Waals surface area contributed by atoms with E-state index in [0.29, 0.717) is 18.9 Å². The van der Waals surface area contributed by atoms with E-state index < -0.39 is 0 Å². The van der Waals surface area contributed by atoms with Crippen LogP contribution in [0.4, 0.5) is 5.69 Å². The summed E-state index contributed by atoms with van der Waals surface area (Å²) in [5, 5.41) is 5.95. The second-order valence-corrected chi connectivity index (χ2v) is 4.67. The van der Waals surface area contributed by atoms with Crippen molar-refractivity contribution in [2.24, 2.45) is 11.0 Å². The molecule has 0 N–H and O–H groups in total. The molecule has 0 unspecified atom stereocenters. The predicted octanol–water partition coefficient (Wildman–Crippen LogP) is 2.59. The van der Waals surface area contributed by atoms with Crippen LogP contribution in [0.25, 0.3) is 0 Å². The van der Waals surface area contributed by atoms with E-state index in [9.17, 15) is 4.79 Å². The van der Waals surface area contributed by atoms with E-state index in [1.807, 2.05) is 31.2 Å². The molecule has 2 aliphatic rings. The van der Waals surface area contributed by atoms with Crippen molar-refractivity contribution in [3.05, 3.63) is 24.3 Å². The fraction of sp³-hybridized carbons (Fsp3) is 0.429. The van der Waals surface area contributed by atoms with Crippen LogP contribution in [-0.4, -0.2) is 18.2 Å². The maximum Gasteiger partial charge on any atom is 0.253 e. The number of carbonyl (C=O) groups is 1. The third kappa shape index (κ3) is 2.10. The van der Waals surface area contributed by atoms with E-state index in [2.05, 4.69) is 5.10 Å². The molecule has 1 aromatic carbocycles. The highest BCUT2D eigenvalue weighted by atomic mass is 16.5. The van der Waals surface area contributed by atoms with E-state index >= 15 is 0 Å². The third-order valence-electron chi connectivity index (χ3n) is 3.24. The predicted molar refractivity (Wildman–Crippen MR) is 69.9 cm³/mol. The zero-order chi connectivity index (χ0) is 12.5. The Bertz CT molecular complexity index is 489. The van der Waals surface area contributed by atoms with Crippen LogP contribution in [0, 0.1) is 5.92 Å². The highest BCUT2D eigenvalue weighted by molar-refractivity contribution is 6.14. The smallest absolute Gasteiger partial charge is 0.253 e. The summed E-state index contributed by atoms with van der Waals surface area (Å²) >= 11 is 0. The maximum atomic E-state index is 11.9. The summed E-state index contributed by atoms with van der Waals surface area (Å²) in [6, 6.07) is 7.50. The second kappa shape index (κ2) is 4.44. The Morgan fingerprint density at radius 1 is 1.33 bits per heavy atom. The average molecular weight is 244 g/mol. The molecule has 0 saturated heterocycles. The van der Waals surface area contributed by atoms with Crippen LogP contribution in [0.3, 0.4) is 0 Å². The van der Waals surface area contributed by atoms with Gasteiger partial charge in [-0.15, -0.1) is 0 Å². The molecular weight excluding hydrogens is 228 g/mol. The zero-order valence-electron chi connectivity index (χ0n) is 10.4. The first-order valence-electron chi connectivity index (χ1n) is 6.41. The van der Waals surface area contributed by atoms with Gasteiger partial charge in [0.2, 0.25) is 0 Å². The van der Waals surface area contributed by atoms with Crippen molar-refractivity contribution < 1.29 is 9.53 Å². The first-order chi connectivity index (χ1) is 8.78. The molecule has 1 aromatic rings. The van der Waals surface area contributed by atoms with Crippen LogP contribution < -0.4 is 9.75 Å². The monoisotopic (exact) mass is 244 g/mol. The molecule has 1 heterocycles. The average Bonchev–Trinajstić information content (AvgIpc) is 3.15. The fourth-order valence-corrected chi connectivity index (χ4v) is 2.14. The normalized spacial score (nSPS) is 19.1. The summed E-state index contributed by atoms with van der Waals surface area (Å²) in [5.41, 5.74) is 1.87. The Hall–Kier alpha value is -1.84. The highest BCUT2D eigenvalue weighted by Crippen LogP contribution is 2.35. The molecule has 1 amide bonds. The number of anilines is 1. The van der Waals surface area contributed by atoms with Crippen LogP contribution in [0.2, 0.25) is 0 Å². The summed E-state index contributed by atoms with van der Waals surface area (Å²) < 4.78 is 5.38. The summed E-state index contributed by atoms with van der Waals surface area (Å²) in [5.74, 6) is 1.45. The molecule has 4 nitrogen and oxygen atoms in total. The standard InChI is InChI=1S/C14H16N2O2/c1-2-18-12-7-5-11(6-8-12)16-14(17)9-13(15-16)10-3-4-10/h5-8,10H,2-4,9H2,1H3. The minimum Gasteiger partial charge on any atom is -0.494 e. The number of hydrogen-bond acceptors (Lipinski definition) is 3. The van der Waals surface area contributed by atoms with Crippen molar-refractivity contribution in [1.82, 2.24) is 0 Å². The van der Waals surface area contributed by atoms with Gasteiger partial charge in [0.05, 0.1) is 24.4 Å². The number of hydrogen-bond donors (Lipinski definition) is 0. The van der Waals surface area contributed by atoms with Gasteiger partial charge < -0.3 is 4.74 Å². The molecule has 0 bridgehead atoms. The Morgan fingerprint density at radius 2 is 2.06 bits per heavy atom. The SMILES string of the molecule is CCOc1ccc(N2N=C(C3CC3)CC2=O)cc1. The molecule has 1 saturated carbocycles. The molecule has 0 radical (unpaired) electrons. The number of amides is 1. The number of carbonyl (C=O) groups excluding carboxylic acids is 1. The van der Waals surface area contributed by atoms with Gasteiger partial charge in [-0.05, 0) is 49.9 Å². The van der Waals surface area contributed by atoms with Crippen molar-refractivity contribution in [1.29, 1.82) is 0 Å². The van der Waals surface area contributed by atoms with Crippen molar-refractivity contribution in [2.75, 3.05) is 11.6 Å². The number of hydrazone groups is 1. The van der Waals surface area contributed by atoms with Gasteiger partial charge in [0.15, 0.2) is 0 Å². The molecule has 0 aromatic heterocycles. The zero-order valence-corrected chi connectivity index (χ0v) is 10.4. The Morgan fingerprint density at radius 3 is 2.67 bits per heavy atom. The quantitative estimate of drug-likeness (QED) is 0.817. The Labute approximate surface area is 106 Å². The molecular formula is C14H16N2O2. The number of nitrogens with zero attached hydrogens (tertiary/aromatic N) is 2. The van der Waals surface area contributed by atoms with Gasteiger partial charge >= 0.3 is 0 Å². The lowest BCUT2D eigenvalue weighted by atomic mass is 10.2. The molecule has 94 valence electrons. The van der Waals surface area contributed by atoms with E-state index in [-0.39, 0.29) is 5.91 Å². The molecule has 1 aliphatic carbocycles. The molecule has 1 fully saturated rings. The maximum absolute atomic E-state index is 11.9. The van der Waals surface area contributed by atoms with Crippen LogP contribution in [0.1, 0.15) is 26.2 Å². The minimum atomic E-state index is 0.0704. The second-order valence-electron chi connectivity index (χ2n) is 4.67. The Kier molecular flexibility index (Phi) is 2.78. The molecule has 3 rings (SSSR count). The minimum absolute atomic E-state index is 0.0704. The van der Waals surface area contributed by atoms with Crippen molar-refractivity contribution >= 4 is 17.3 Å². The van der Waals surface area contributed by atoms with Gasteiger partial charge in [0, 0.05) is 0 Å². The van der Waals surface area contributed by atoms with Gasteiger partial charge in [-0.25, -0.2) is 5.01 Å². The van der Waals surface area contributed by atoms with Crippen molar-refractivity contribution in [3.8, 4) is 5.75 Å². The van der Waals surface area contributed by atoms with Crippen LogP contribution in [0.5, 0.6) is 5.75 Å². The van der Waals surface area contributed by atoms with Crippen molar-refractivity contribution in [3.63, 3.8) is 0 Å². The van der Waals surface area contributed by atoms with Crippen LogP contribution in [-0.2, 0) is 4.79 Å². The van der Waals surface area contributed by atoms with Gasteiger partial charge in [-0.1, -0.05) is 0 Å². The molecule has 1 aliphatic heterocycles. The Balaban J connectivity index is 1.79. The fourth-order valence-electron chi connectivity index (χ4n) is 2.14. The lowest BCUT2D eigenvalue weighted by Crippen LogP contribution is -2.19. The summed E-state index contributed by atoms with van der Waals surface area (Å²) in [7, 11) is 0. The number of rotatable bonds is 4. The van der Waals surface area contributed by atoms with Crippen LogP contribution in [0.15, 0.2) is 29.4 Å². The van der Waals surface area contributed by atoms with E-state index in [1.54, 1.807) is 0 Å². The van der Waals surface area contributed by atoms with E-state index in [1.165, 1.54) is 17.9 Å².